The molecule has 2 bridgehead atoms. The number of nitrogens with one attached hydrogen (secondary N) is 1. The lowest BCUT2D eigenvalue weighted by Crippen LogP contribution is -2.68. The van der Waals surface area contributed by atoms with Crippen LogP contribution >= 0.6 is 0 Å². The first-order valence-electron chi connectivity index (χ1n) is 10.9. The molecule has 3 saturated heterocycles. The second-order valence-electron chi connectivity index (χ2n) is 8.69. The summed E-state index contributed by atoms with van der Waals surface area (Å²) in [6, 6.07) is 8.36. The molecule has 31 heavy (non-hydrogen) atoms. The van der Waals surface area contributed by atoms with Gasteiger partial charge in [-0.15, -0.1) is 0 Å². The Hall–Kier alpha value is -3.16. The summed E-state index contributed by atoms with van der Waals surface area (Å²) in [5.74, 6) is 0.133. The highest BCUT2D eigenvalue weighted by Gasteiger charge is 2.52. The van der Waals surface area contributed by atoms with Crippen molar-refractivity contribution in [3.63, 3.8) is 0 Å². The maximum absolute atomic E-state index is 13.3. The standard InChI is InChI=1S/C23H26N4O4/c28-20-8-3-6-18-15-11-16(14-26(13-15)23(30)19-7-4-10-31-19)21(27(18)20)22(29)25-12-17-5-1-2-9-24-17/h1-2,4-5,7,9-10,15-16,18,21H,3,6,8,11-14H2,(H,25,29)/t15-,16+,18+,21-/m1/s1. The molecule has 5 rings (SSSR count). The van der Waals surface area contributed by atoms with E-state index in [0.29, 0.717) is 31.8 Å². The molecule has 0 radical (unpaired) electrons. The van der Waals surface area contributed by atoms with Crippen molar-refractivity contribution in [3.8, 4) is 0 Å². The molecule has 8 heteroatoms. The molecule has 162 valence electrons. The van der Waals surface area contributed by atoms with Crippen LogP contribution in [0.4, 0.5) is 0 Å². The maximum Gasteiger partial charge on any atom is 0.289 e. The zero-order valence-corrected chi connectivity index (χ0v) is 17.3. The minimum Gasteiger partial charge on any atom is -0.459 e. The molecule has 3 aliphatic rings. The van der Waals surface area contributed by atoms with Gasteiger partial charge in [0.15, 0.2) is 5.76 Å². The fraction of sp³-hybridized carbons (Fsp3) is 0.478. The van der Waals surface area contributed by atoms with Gasteiger partial charge in [-0.2, -0.15) is 0 Å². The molecule has 0 aromatic carbocycles. The van der Waals surface area contributed by atoms with Crippen molar-refractivity contribution >= 4 is 17.7 Å². The fourth-order valence-corrected chi connectivity index (χ4v) is 5.50. The van der Waals surface area contributed by atoms with Crippen molar-refractivity contribution < 1.29 is 18.8 Å². The summed E-state index contributed by atoms with van der Waals surface area (Å²) in [5, 5.41) is 2.98. The van der Waals surface area contributed by atoms with Crippen molar-refractivity contribution in [1.29, 1.82) is 0 Å². The molecule has 2 aromatic heterocycles. The number of piperidine rings is 3. The third-order valence-electron chi connectivity index (χ3n) is 6.80. The first kappa shape index (κ1) is 19.8. The van der Waals surface area contributed by atoms with Crippen LogP contribution < -0.4 is 5.32 Å². The normalized spacial score (nSPS) is 27.5. The highest BCUT2D eigenvalue weighted by Crippen LogP contribution is 2.42. The van der Waals surface area contributed by atoms with Crippen molar-refractivity contribution in [2.24, 2.45) is 11.8 Å². The van der Waals surface area contributed by atoms with Crippen LogP contribution in [-0.2, 0) is 16.1 Å². The van der Waals surface area contributed by atoms with E-state index in [1.165, 1.54) is 6.26 Å². The predicted molar refractivity (Wildman–Crippen MR) is 111 cm³/mol. The van der Waals surface area contributed by atoms with Gasteiger partial charge in [-0.1, -0.05) is 6.07 Å². The van der Waals surface area contributed by atoms with Gasteiger partial charge >= 0.3 is 0 Å². The van der Waals surface area contributed by atoms with Crippen LogP contribution in [0, 0.1) is 11.8 Å². The summed E-state index contributed by atoms with van der Waals surface area (Å²) in [5.41, 5.74) is 0.768. The molecule has 8 nitrogen and oxygen atoms in total. The third kappa shape index (κ3) is 3.71. The lowest BCUT2D eigenvalue weighted by molar-refractivity contribution is -0.159. The Morgan fingerprint density at radius 2 is 2.03 bits per heavy atom. The average molecular weight is 422 g/mol. The number of amides is 3. The molecule has 3 aliphatic heterocycles. The molecule has 0 spiro atoms. The Morgan fingerprint density at radius 1 is 1.16 bits per heavy atom. The van der Waals surface area contributed by atoms with E-state index >= 15 is 0 Å². The number of carbonyl (C=O) groups is 3. The summed E-state index contributed by atoms with van der Waals surface area (Å²) in [4.78, 5) is 47.1. The van der Waals surface area contributed by atoms with Crippen molar-refractivity contribution in [1.82, 2.24) is 20.1 Å². The Balaban J connectivity index is 1.39. The second kappa shape index (κ2) is 8.17. The number of fused-ring (bicyclic) bond motifs is 4. The number of pyridine rings is 1. The number of hydrogen-bond acceptors (Lipinski definition) is 5. The Bertz CT molecular complexity index is 961. The minimum absolute atomic E-state index is 0.00435. The van der Waals surface area contributed by atoms with Crippen molar-refractivity contribution in [2.45, 2.75) is 44.3 Å². The molecule has 4 atom stereocenters. The average Bonchev–Trinajstić information content (AvgIpc) is 3.33. The second-order valence-corrected chi connectivity index (χ2v) is 8.69. The Labute approximate surface area is 180 Å². The van der Waals surface area contributed by atoms with E-state index < -0.39 is 6.04 Å². The number of rotatable bonds is 4. The Kier molecular flexibility index (Phi) is 5.21. The molecule has 0 unspecified atom stereocenters. The lowest BCUT2D eigenvalue weighted by atomic mass is 9.71. The fourth-order valence-electron chi connectivity index (χ4n) is 5.50. The predicted octanol–water partition coefficient (Wildman–Crippen LogP) is 1.83. The van der Waals surface area contributed by atoms with E-state index in [1.54, 1.807) is 23.2 Å². The van der Waals surface area contributed by atoms with E-state index in [2.05, 4.69) is 10.3 Å². The van der Waals surface area contributed by atoms with Crippen LogP contribution in [0.5, 0.6) is 0 Å². The van der Waals surface area contributed by atoms with E-state index in [-0.39, 0.29) is 35.6 Å². The van der Waals surface area contributed by atoms with Gasteiger partial charge in [0.2, 0.25) is 11.8 Å². The zero-order valence-electron chi connectivity index (χ0n) is 17.3. The van der Waals surface area contributed by atoms with Gasteiger partial charge in [0.05, 0.1) is 18.5 Å². The van der Waals surface area contributed by atoms with Crippen LogP contribution in [0.2, 0.25) is 0 Å². The quantitative estimate of drug-likeness (QED) is 0.811. The first-order chi connectivity index (χ1) is 15.1. The maximum atomic E-state index is 13.3. The first-order valence-corrected chi connectivity index (χ1v) is 10.9. The van der Waals surface area contributed by atoms with Gasteiger partial charge in [0, 0.05) is 37.7 Å². The van der Waals surface area contributed by atoms with E-state index in [9.17, 15) is 14.4 Å². The van der Waals surface area contributed by atoms with Crippen LogP contribution in [0.3, 0.4) is 0 Å². The van der Waals surface area contributed by atoms with E-state index in [4.69, 9.17) is 4.42 Å². The highest BCUT2D eigenvalue weighted by molar-refractivity contribution is 5.92. The third-order valence-corrected chi connectivity index (χ3v) is 6.80. The van der Waals surface area contributed by atoms with Crippen LogP contribution in [0.15, 0.2) is 47.2 Å². The SMILES string of the molecule is O=C(NCc1ccccn1)[C@H]1[C@H]2C[C@H](CN(C(=O)c3ccco3)C2)[C@@H]2CCCC(=O)N21. The molecular formula is C23H26N4O4. The monoisotopic (exact) mass is 422 g/mol. The number of carbonyl (C=O) groups excluding carboxylic acids is 3. The molecule has 3 amide bonds. The smallest absolute Gasteiger partial charge is 0.289 e. The summed E-state index contributed by atoms with van der Waals surface area (Å²) >= 11 is 0. The lowest BCUT2D eigenvalue weighted by Gasteiger charge is -2.55. The summed E-state index contributed by atoms with van der Waals surface area (Å²) in [6.45, 7) is 1.34. The summed E-state index contributed by atoms with van der Waals surface area (Å²) in [6.07, 6.45) is 6.21. The molecule has 3 fully saturated rings. The number of likely N-dealkylation sites (tertiary alicyclic amines) is 1. The zero-order chi connectivity index (χ0) is 21.4. The topological polar surface area (TPSA) is 95.7 Å². The molecular weight excluding hydrogens is 396 g/mol. The highest BCUT2D eigenvalue weighted by atomic mass is 16.3. The number of hydrogen-bond donors (Lipinski definition) is 1. The number of nitrogens with zero attached hydrogens (tertiary/aromatic N) is 3. The van der Waals surface area contributed by atoms with Gasteiger partial charge in [-0.05, 0) is 49.4 Å². The van der Waals surface area contributed by atoms with Crippen molar-refractivity contribution in [2.75, 3.05) is 13.1 Å². The van der Waals surface area contributed by atoms with Gasteiger partial charge in [0.25, 0.3) is 5.91 Å². The van der Waals surface area contributed by atoms with Crippen molar-refractivity contribution in [3.05, 3.63) is 54.2 Å². The van der Waals surface area contributed by atoms with E-state index in [1.807, 2.05) is 23.1 Å². The van der Waals surface area contributed by atoms with Crippen LogP contribution in [-0.4, -0.2) is 57.7 Å². The minimum atomic E-state index is -0.565. The van der Waals surface area contributed by atoms with Gasteiger partial charge in [0.1, 0.15) is 6.04 Å². The van der Waals surface area contributed by atoms with E-state index in [0.717, 1.165) is 25.0 Å². The van der Waals surface area contributed by atoms with Gasteiger partial charge in [-0.3, -0.25) is 19.4 Å². The molecule has 0 saturated carbocycles. The van der Waals surface area contributed by atoms with Crippen LogP contribution in [0.1, 0.15) is 41.9 Å². The largest absolute Gasteiger partial charge is 0.459 e. The van der Waals surface area contributed by atoms with Gasteiger partial charge < -0.3 is 19.5 Å². The number of furan rings is 1. The molecule has 1 N–H and O–H groups in total. The number of aromatic nitrogens is 1. The summed E-state index contributed by atoms with van der Waals surface area (Å²) in [7, 11) is 0. The Morgan fingerprint density at radius 3 is 2.81 bits per heavy atom. The molecule has 2 aromatic rings. The van der Waals surface area contributed by atoms with Crippen LogP contribution in [0.25, 0.3) is 0 Å². The molecule has 5 heterocycles. The van der Waals surface area contributed by atoms with Gasteiger partial charge in [-0.25, -0.2) is 0 Å². The summed E-state index contributed by atoms with van der Waals surface area (Å²) < 4.78 is 5.31. The molecule has 0 aliphatic carbocycles.